The van der Waals surface area contributed by atoms with Gasteiger partial charge < -0.3 is 9.64 Å². The van der Waals surface area contributed by atoms with Crippen molar-refractivity contribution in [3.63, 3.8) is 0 Å². The summed E-state index contributed by atoms with van der Waals surface area (Å²) in [7, 11) is 2.91. The van der Waals surface area contributed by atoms with Crippen LogP contribution in [0.15, 0.2) is 24.5 Å². The number of ether oxygens (including phenoxy) is 1. The fourth-order valence-electron chi connectivity index (χ4n) is 2.37. The first kappa shape index (κ1) is 17.8. The summed E-state index contributed by atoms with van der Waals surface area (Å²) in [5.41, 5.74) is -0.107. The van der Waals surface area contributed by atoms with Gasteiger partial charge in [-0.2, -0.15) is 5.10 Å². The molecular weight excluding hydrogens is 318 g/mol. The van der Waals surface area contributed by atoms with E-state index < -0.39 is 12.3 Å². The molecule has 0 fully saturated rings. The number of amides is 1. The van der Waals surface area contributed by atoms with E-state index in [-0.39, 0.29) is 23.1 Å². The first-order valence-corrected chi connectivity index (χ1v) is 7.47. The molecule has 2 heterocycles. The molecule has 0 aliphatic carbocycles. The summed E-state index contributed by atoms with van der Waals surface area (Å²) < 4.78 is 33.3. The molecule has 0 aromatic carbocycles. The number of halogens is 2. The van der Waals surface area contributed by atoms with Gasteiger partial charge in [0, 0.05) is 19.8 Å². The van der Waals surface area contributed by atoms with Crippen LogP contribution in [0.1, 0.15) is 36.3 Å². The maximum absolute atomic E-state index is 13.5. The lowest BCUT2D eigenvalue weighted by atomic mass is 10.2. The number of pyridine rings is 1. The number of nitrogens with zero attached hydrogens (tertiary/aromatic N) is 4. The predicted octanol–water partition coefficient (Wildman–Crippen LogP) is 3.16. The number of carbonyl (C=O) groups is 1. The van der Waals surface area contributed by atoms with Crippen LogP contribution in [0, 0.1) is 5.92 Å². The van der Waals surface area contributed by atoms with Crippen LogP contribution in [-0.2, 0) is 6.54 Å². The van der Waals surface area contributed by atoms with Gasteiger partial charge in [-0.15, -0.1) is 0 Å². The first-order chi connectivity index (χ1) is 11.4. The number of methoxy groups -OCH3 is 1. The van der Waals surface area contributed by atoms with E-state index in [1.807, 2.05) is 13.8 Å². The van der Waals surface area contributed by atoms with E-state index in [0.29, 0.717) is 12.2 Å². The SMILES string of the molecule is COc1ncccc1N(C)C(=O)c1cnn(CC(C)C)c1C(F)F. The highest BCUT2D eigenvalue weighted by Crippen LogP contribution is 2.29. The van der Waals surface area contributed by atoms with Crippen LogP contribution in [0.25, 0.3) is 0 Å². The molecule has 2 rings (SSSR count). The predicted molar refractivity (Wildman–Crippen MR) is 85.5 cm³/mol. The highest BCUT2D eigenvalue weighted by atomic mass is 19.3. The molecule has 24 heavy (non-hydrogen) atoms. The Morgan fingerprint density at radius 3 is 2.71 bits per heavy atom. The van der Waals surface area contributed by atoms with Crippen LogP contribution in [-0.4, -0.2) is 34.8 Å². The molecular formula is C16H20F2N4O2. The molecule has 0 aliphatic rings. The molecule has 0 bridgehead atoms. The smallest absolute Gasteiger partial charge is 0.280 e. The van der Waals surface area contributed by atoms with E-state index in [1.165, 1.54) is 36.1 Å². The molecule has 0 radical (unpaired) electrons. The van der Waals surface area contributed by atoms with Crippen molar-refractivity contribution in [2.45, 2.75) is 26.8 Å². The van der Waals surface area contributed by atoms with E-state index in [1.54, 1.807) is 12.1 Å². The Bertz CT molecular complexity index is 716. The van der Waals surface area contributed by atoms with Crippen molar-refractivity contribution < 1.29 is 18.3 Å². The third-order valence-corrected chi connectivity index (χ3v) is 3.47. The average molecular weight is 338 g/mol. The van der Waals surface area contributed by atoms with Gasteiger partial charge in [0.2, 0.25) is 5.88 Å². The Kier molecular flexibility index (Phi) is 5.48. The molecule has 1 amide bonds. The first-order valence-electron chi connectivity index (χ1n) is 7.47. The van der Waals surface area contributed by atoms with Crippen molar-refractivity contribution in [2.75, 3.05) is 19.1 Å². The molecule has 8 heteroatoms. The molecule has 0 saturated carbocycles. The van der Waals surface area contributed by atoms with Crippen LogP contribution >= 0.6 is 0 Å². The number of carbonyl (C=O) groups excluding carboxylic acids is 1. The third-order valence-electron chi connectivity index (χ3n) is 3.47. The zero-order valence-electron chi connectivity index (χ0n) is 14.0. The lowest BCUT2D eigenvalue weighted by molar-refractivity contribution is 0.0973. The van der Waals surface area contributed by atoms with Crippen molar-refractivity contribution in [3.8, 4) is 5.88 Å². The van der Waals surface area contributed by atoms with Gasteiger partial charge in [-0.25, -0.2) is 13.8 Å². The summed E-state index contributed by atoms with van der Waals surface area (Å²) in [5.74, 6) is -0.227. The second-order valence-corrected chi connectivity index (χ2v) is 5.72. The van der Waals surface area contributed by atoms with Gasteiger partial charge in [0.15, 0.2) is 0 Å². The summed E-state index contributed by atoms with van der Waals surface area (Å²) in [5, 5.41) is 3.96. The number of alkyl halides is 2. The quantitative estimate of drug-likeness (QED) is 0.812. The van der Waals surface area contributed by atoms with Crippen molar-refractivity contribution in [3.05, 3.63) is 35.8 Å². The summed E-state index contributed by atoms with van der Waals surface area (Å²) >= 11 is 0. The van der Waals surface area contributed by atoms with Gasteiger partial charge in [-0.3, -0.25) is 9.48 Å². The standard InChI is InChI=1S/C16H20F2N4O2/c1-10(2)9-22-13(14(17)18)11(8-20-22)16(23)21(3)12-6-5-7-19-15(12)24-4/h5-8,10,14H,9H2,1-4H3. The maximum Gasteiger partial charge on any atom is 0.280 e. The molecule has 130 valence electrons. The highest BCUT2D eigenvalue weighted by molar-refractivity contribution is 6.07. The minimum atomic E-state index is -2.80. The normalized spacial score (nSPS) is 11.2. The summed E-state index contributed by atoms with van der Waals surface area (Å²) in [6.07, 6.45) is -0.0911. The van der Waals surface area contributed by atoms with E-state index in [2.05, 4.69) is 10.1 Å². The van der Waals surface area contributed by atoms with Gasteiger partial charge in [-0.05, 0) is 18.1 Å². The molecule has 2 aromatic heterocycles. The second-order valence-electron chi connectivity index (χ2n) is 5.72. The maximum atomic E-state index is 13.5. The number of rotatable bonds is 6. The Balaban J connectivity index is 2.40. The van der Waals surface area contributed by atoms with Crippen LogP contribution in [0.2, 0.25) is 0 Å². The van der Waals surface area contributed by atoms with Crippen molar-refractivity contribution in [1.82, 2.24) is 14.8 Å². The Morgan fingerprint density at radius 2 is 2.12 bits per heavy atom. The molecule has 6 nitrogen and oxygen atoms in total. The van der Waals surface area contributed by atoms with Crippen LogP contribution in [0.4, 0.5) is 14.5 Å². The Labute approximate surface area is 139 Å². The van der Waals surface area contributed by atoms with Crippen molar-refractivity contribution in [2.24, 2.45) is 5.92 Å². The minimum absolute atomic E-state index is 0.126. The van der Waals surface area contributed by atoms with E-state index in [4.69, 9.17) is 4.74 Å². The molecule has 0 N–H and O–H groups in total. The molecule has 2 aromatic rings. The second kappa shape index (κ2) is 7.37. The zero-order chi connectivity index (χ0) is 17.9. The van der Waals surface area contributed by atoms with Gasteiger partial charge >= 0.3 is 0 Å². The fourth-order valence-corrected chi connectivity index (χ4v) is 2.37. The third kappa shape index (κ3) is 3.52. The zero-order valence-corrected chi connectivity index (χ0v) is 14.0. The lowest BCUT2D eigenvalue weighted by Gasteiger charge is -2.19. The Hall–Kier alpha value is -2.51. The molecule has 0 saturated heterocycles. The molecule has 0 aliphatic heterocycles. The minimum Gasteiger partial charge on any atom is -0.480 e. The number of aromatic nitrogens is 3. The van der Waals surface area contributed by atoms with Crippen LogP contribution < -0.4 is 9.64 Å². The fraction of sp³-hybridized carbons (Fsp3) is 0.438. The van der Waals surface area contributed by atoms with Gasteiger partial charge in [0.1, 0.15) is 11.4 Å². The Morgan fingerprint density at radius 1 is 1.42 bits per heavy atom. The van der Waals surface area contributed by atoms with E-state index >= 15 is 0 Å². The highest BCUT2D eigenvalue weighted by Gasteiger charge is 2.28. The topological polar surface area (TPSA) is 60.2 Å². The molecule has 0 atom stereocenters. The average Bonchev–Trinajstić information content (AvgIpc) is 2.96. The summed E-state index contributed by atoms with van der Waals surface area (Å²) in [6, 6.07) is 3.27. The number of hydrogen-bond acceptors (Lipinski definition) is 4. The monoisotopic (exact) mass is 338 g/mol. The van der Waals surface area contributed by atoms with Gasteiger partial charge in [-0.1, -0.05) is 13.8 Å². The van der Waals surface area contributed by atoms with Crippen molar-refractivity contribution in [1.29, 1.82) is 0 Å². The van der Waals surface area contributed by atoms with Crippen LogP contribution in [0.3, 0.4) is 0 Å². The summed E-state index contributed by atoms with van der Waals surface area (Å²) in [6.45, 7) is 4.10. The number of hydrogen-bond donors (Lipinski definition) is 0. The van der Waals surface area contributed by atoms with Gasteiger partial charge in [0.25, 0.3) is 12.3 Å². The number of anilines is 1. The van der Waals surface area contributed by atoms with Crippen molar-refractivity contribution >= 4 is 11.6 Å². The summed E-state index contributed by atoms with van der Waals surface area (Å²) in [4.78, 5) is 17.9. The van der Waals surface area contributed by atoms with Crippen LogP contribution in [0.5, 0.6) is 5.88 Å². The largest absolute Gasteiger partial charge is 0.480 e. The molecule has 0 unspecified atom stereocenters. The van der Waals surface area contributed by atoms with E-state index in [0.717, 1.165) is 0 Å². The molecule has 0 spiro atoms. The van der Waals surface area contributed by atoms with E-state index in [9.17, 15) is 13.6 Å². The lowest BCUT2D eigenvalue weighted by Crippen LogP contribution is -2.28. The van der Waals surface area contributed by atoms with Gasteiger partial charge in [0.05, 0.1) is 18.9 Å².